The van der Waals surface area contributed by atoms with Gasteiger partial charge in [-0.15, -0.1) is 11.3 Å². The van der Waals surface area contributed by atoms with Crippen molar-refractivity contribution in [2.45, 2.75) is 37.5 Å². The molecule has 2 N–H and O–H groups in total. The summed E-state index contributed by atoms with van der Waals surface area (Å²) in [5.74, 6) is -0.177. The number of thiazole rings is 1. The molecule has 9 heteroatoms. The standard InChI is InChI=1S/C17H22ClN3O3S2/c1-13-12-25-17(21-13)7-2-3-9-19-16(22)8-10-20-26(23,24)15-6-4-5-14(18)11-15/h4-6,11-12,20H,2-3,7-10H2,1H3,(H,19,22). The second-order valence-electron chi connectivity index (χ2n) is 5.79. The van der Waals surface area contributed by atoms with Crippen molar-refractivity contribution in [2.24, 2.45) is 0 Å². The minimum absolute atomic E-state index is 0.0407. The Hall–Kier alpha value is -1.48. The van der Waals surface area contributed by atoms with Crippen LogP contribution in [0.2, 0.25) is 5.02 Å². The minimum Gasteiger partial charge on any atom is -0.356 e. The van der Waals surface area contributed by atoms with Crippen molar-refractivity contribution in [2.75, 3.05) is 13.1 Å². The molecule has 0 aliphatic heterocycles. The van der Waals surface area contributed by atoms with Crippen molar-refractivity contribution >= 4 is 38.9 Å². The van der Waals surface area contributed by atoms with Crippen LogP contribution < -0.4 is 10.0 Å². The highest BCUT2D eigenvalue weighted by Crippen LogP contribution is 2.15. The first-order chi connectivity index (χ1) is 12.4. The zero-order chi connectivity index (χ0) is 19.0. The molecule has 2 rings (SSSR count). The molecule has 0 unspecified atom stereocenters. The van der Waals surface area contributed by atoms with Crippen LogP contribution in [0.4, 0.5) is 0 Å². The maximum atomic E-state index is 12.1. The molecule has 0 atom stereocenters. The first kappa shape index (κ1) is 20.8. The monoisotopic (exact) mass is 415 g/mol. The lowest BCUT2D eigenvalue weighted by atomic mass is 10.2. The maximum Gasteiger partial charge on any atom is 0.240 e. The van der Waals surface area contributed by atoms with E-state index in [9.17, 15) is 13.2 Å². The van der Waals surface area contributed by atoms with E-state index < -0.39 is 10.0 Å². The number of benzene rings is 1. The van der Waals surface area contributed by atoms with Crippen LogP contribution >= 0.6 is 22.9 Å². The fraction of sp³-hybridized carbons (Fsp3) is 0.412. The van der Waals surface area contributed by atoms with Gasteiger partial charge in [0, 0.05) is 35.6 Å². The lowest BCUT2D eigenvalue weighted by Gasteiger charge is -2.08. The average Bonchev–Trinajstić information content (AvgIpc) is 3.00. The third kappa shape index (κ3) is 7.03. The zero-order valence-electron chi connectivity index (χ0n) is 14.5. The highest BCUT2D eigenvalue weighted by molar-refractivity contribution is 7.89. The molecule has 1 aromatic carbocycles. The van der Waals surface area contributed by atoms with Gasteiger partial charge in [0.2, 0.25) is 15.9 Å². The van der Waals surface area contributed by atoms with Crippen molar-refractivity contribution in [1.29, 1.82) is 0 Å². The SMILES string of the molecule is Cc1csc(CCCCNC(=O)CCNS(=O)(=O)c2cccc(Cl)c2)n1. The van der Waals surface area contributed by atoms with Gasteiger partial charge in [0.15, 0.2) is 0 Å². The van der Waals surface area contributed by atoms with E-state index in [2.05, 4.69) is 15.0 Å². The number of halogens is 1. The van der Waals surface area contributed by atoms with Crippen LogP contribution in [0.1, 0.15) is 30.0 Å². The molecule has 1 amide bonds. The molecule has 0 aliphatic carbocycles. The van der Waals surface area contributed by atoms with Crippen molar-refractivity contribution in [1.82, 2.24) is 15.0 Å². The number of aryl methyl sites for hydroxylation is 2. The number of hydrogen-bond donors (Lipinski definition) is 2. The third-order valence-corrected chi connectivity index (χ3v) is 6.28. The van der Waals surface area contributed by atoms with Gasteiger partial charge in [-0.05, 0) is 44.4 Å². The molecule has 0 radical (unpaired) electrons. The Labute approximate surface area is 163 Å². The summed E-state index contributed by atoms with van der Waals surface area (Å²) in [6.07, 6.45) is 2.81. The van der Waals surface area contributed by atoms with Gasteiger partial charge >= 0.3 is 0 Å². The molecule has 0 fully saturated rings. The second-order valence-corrected chi connectivity index (χ2v) is 8.94. The van der Waals surface area contributed by atoms with E-state index in [1.165, 1.54) is 12.1 Å². The lowest BCUT2D eigenvalue weighted by molar-refractivity contribution is -0.120. The van der Waals surface area contributed by atoms with Crippen LogP contribution in [0.3, 0.4) is 0 Å². The van der Waals surface area contributed by atoms with E-state index >= 15 is 0 Å². The van der Waals surface area contributed by atoms with Gasteiger partial charge in [0.05, 0.1) is 9.90 Å². The molecule has 0 aliphatic rings. The highest BCUT2D eigenvalue weighted by atomic mass is 35.5. The van der Waals surface area contributed by atoms with Gasteiger partial charge in [0.25, 0.3) is 0 Å². The summed E-state index contributed by atoms with van der Waals surface area (Å²) < 4.78 is 26.6. The molecule has 6 nitrogen and oxygen atoms in total. The maximum absolute atomic E-state index is 12.1. The number of rotatable bonds is 10. The number of sulfonamides is 1. The van der Waals surface area contributed by atoms with E-state index in [0.717, 1.165) is 30.0 Å². The van der Waals surface area contributed by atoms with E-state index in [-0.39, 0.29) is 23.8 Å². The number of aromatic nitrogens is 1. The normalized spacial score (nSPS) is 11.5. The predicted molar refractivity (Wildman–Crippen MR) is 104 cm³/mol. The van der Waals surface area contributed by atoms with Gasteiger partial charge in [-0.25, -0.2) is 18.1 Å². The molecule has 1 aromatic heterocycles. The highest BCUT2D eigenvalue weighted by Gasteiger charge is 2.14. The Morgan fingerprint density at radius 3 is 2.77 bits per heavy atom. The summed E-state index contributed by atoms with van der Waals surface area (Å²) in [4.78, 5) is 16.3. The van der Waals surface area contributed by atoms with Crippen LogP contribution in [0.15, 0.2) is 34.5 Å². The van der Waals surface area contributed by atoms with Gasteiger partial charge in [-0.2, -0.15) is 0 Å². The Balaban J connectivity index is 1.61. The van der Waals surface area contributed by atoms with Crippen LogP contribution in [0.5, 0.6) is 0 Å². The molecule has 0 bridgehead atoms. The van der Waals surface area contributed by atoms with E-state index in [1.807, 2.05) is 12.3 Å². The van der Waals surface area contributed by atoms with E-state index in [0.29, 0.717) is 11.6 Å². The third-order valence-electron chi connectivity index (χ3n) is 3.56. The second kappa shape index (κ2) is 10.0. The van der Waals surface area contributed by atoms with Crippen molar-refractivity contribution < 1.29 is 13.2 Å². The number of unbranched alkanes of at least 4 members (excludes halogenated alkanes) is 1. The first-order valence-electron chi connectivity index (χ1n) is 8.30. The van der Waals surface area contributed by atoms with Crippen molar-refractivity contribution in [3.8, 4) is 0 Å². The molecule has 142 valence electrons. The van der Waals surface area contributed by atoms with Gasteiger partial charge in [0.1, 0.15) is 0 Å². The molecule has 26 heavy (non-hydrogen) atoms. The largest absolute Gasteiger partial charge is 0.356 e. The molecule has 0 saturated heterocycles. The van der Waals surface area contributed by atoms with Gasteiger partial charge < -0.3 is 5.32 Å². The quantitative estimate of drug-likeness (QED) is 0.584. The van der Waals surface area contributed by atoms with Crippen LogP contribution in [-0.4, -0.2) is 32.4 Å². The number of amides is 1. The van der Waals surface area contributed by atoms with E-state index in [4.69, 9.17) is 11.6 Å². The topological polar surface area (TPSA) is 88.2 Å². The zero-order valence-corrected chi connectivity index (χ0v) is 16.9. The lowest BCUT2D eigenvalue weighted by Crippen LogP contribution is -2.31. The number of nitrogens with zero attached hydrogens (tertiary/aromatic N) is 1. The van der Waals surface area contributed by atoms with Crippen LogP contribution in [-0.2, 0) is 21.2 Å². The number of carbonyl (C=O) groups is 1. The minimum atomic E-state index is -3.66. The molecular weight excluding hydrogens is 394 g/mol. The molecule has 0 spiro atoms. The fourth-order valence-corrected chi connectivity index (χ4v) is 4.40. The number of hydrogen-bond acceptors (Lipinski definition) is 5. The summed E-state index contributed by atoms with van der Waals surface area (Å²) in [7, 11) is -3.66. The van der Waals surface area contributed by atoms with Crippen molar-refractivity contribution in [3.05, 3.63) is 45.4 Å². The molecule has 0 saturated carbocycles. The van der Waals surface area contributed by atoms with Gasteiger partial charge in [-0.3, -0.25) is 4.79 Å². The predicted octanol–water partition coefficient (Wildman–Crippen LogP) is 2.91. The fourth-order valence-electron chi connectivity index (χ4n) is 2.25. The Morgan fingerprint density at radius 1 is 1.27 bits per heavy atom. The van der Waals surface area contributed by atoms with Crippen molar-refractivity contribution in [3.63, 3.8) is 0 Å². The first-order valence-corrected chi connectivity index (χ1v) is 11.0. The summed E-state index contributed by atoms with van der Waals surface area (Å²) in [5.41, 5.74) is 1.04. The summed E-state index contributed by atoms with van der Waals surface area (Å²) in [6.45, 7) is 2.59. The number of nitrogens with one attached hydrogen (secondary N) is 2. The van der Waals surface area contributed by atoms with Gasteiger partial charge in [-0.1, -0.05) is 17.7 Å². The average molecular weight is 416 g/mol. The molecular formula is C17H22ClN3O3S2. The Kier molecular flexibility index (Phi) is 8.02. The molecule has 2 aromatic rings. The summed E-state index contributed by atoms with van der Waals surface area (Å²) in [5, 5.41) is 6.29. The van der Waals surface area contributed by atoms with Crippen LogP contribution in [0.25, 0.3) is 0 Å². The summed E-state index contributed by atoms with van der Waals surface area (Å²) >= 11 is 7.45. The van der Waals surface area contributed by atoms with Crippen LogP contribution in [0, 0.1) is 6.92 Å². The summed E-state index contributed by atoms with van der Waals surface area (Å²) in [6, 6.07) is 5.99. The molecule has 1 heterocycles. The van der Waals surface area contributed by atoms with E-state index in [1.54, 1.807) is 23.5 Å². The smallest absolute Gasteiger partial charge is 0.240 e. The Morgan fingerprint density at radius 2 is 2.08 bits per heavy atom. The Bertz CT molecular complexity index is 837. The number of carbonyl (C=O) groups excluding carboxylic acids is 1.